The third-order valence-corrected chi connectivity index (χ3v) is 5.39. The van der Waals surface area contributed by atoms with E-state index in [-0.39, 0.29) is 5.91 Å². The maximum absolute atomic E-state index is 12.6. The summed E-state index contributed by atoms with van der Waals surface area (Å²) in [5.41, 5.74) is 2.08. The molecule has 1 saturated heterocycles. The van der Waals surface area contributed by atoms with E-state index in [1.807, 2.05) is 54.6 Å². The van der Waals surface area contributed by atoms with Gasteiger partial charge in [0.2, 0.25) is 0 Å². The van der Waals surface area contributed by atoms with Gasteiger partial charge in [0.05, 0.1) is 33.3 Å². The van der Waals surface area contributed by atoms with E-state index < -0.39 is 12.0 Å². The molecule has 2 N–H and O–H groups in total. The summed E-state index contributed by atoms with van der Waals surface area (Å²) in [6, 6.07) is 16.8. The molecule has 7 heteroatoms. The number of piperazine rings is 1. The Labute approximate surface area is 176 Å². The normalized spacial score (nSPS) is 15.6. The van der Waals surface area contributed by atoms with E-state index in [1.54, 1.807) is 0 Å². The highest BCUT2D eigenvalue weighted by atomic mass is 35.5. The van der Waals surface area contributed by atoms with E-state index >= 15 is 0 Å². The van der Waals surface area contributed by atoms with E-state index in [4.69, 9.17) is 16.3 Å². The van der Waals surface area contributed by atoms with E-state index in [2.05, 4.69) is 10.2 Å². The molecule has 6 nitrogen and oxygen atoms in total. The Kier molecular flexibility index (Phi) is 7.49. The molecule has 0 bridgehead atoms. The highest BCUT2D eigenvalue weighted by Gasteiger charge is 2.26. The Morgan fingerprint density at radius 1 is 1.14 bits per heavy atom. The quantitative estimate of drug-likeness (QED) is 0.660. The third-order valence-electron chi connectivity index (χ3n) is 5.16. The topological polar surface area (TPSA) is 63.1 Å². The second-order valence-electron chi connectivity index (χ2n) is 7.23. The number of benzene rings is 2. The molecule has 0 radical (unpaired) electrons. The minimum absolute atomic E-state index is 0.137. The maximum atomic E-state index is 12.6. The molecule has 1 heterocycles. The fourth-order valence-electron chi connectivity index (χ4n) is 3.59. The number of carbonyl (C=O) groups excluding carboxylic acids is 2. The van der Waals surface area contributed by atoms with Crippen LogP contribution in [0.3, 0.4) is 0 Å². The summed E-state index contributed by atoms with van der Waals surface area (Å²) >= 11 is 6.08. The third kappa shape index (κ3) is 6.21. The lowest BCUT2D eigenvalue weighted by atomic mass is 10.1. The molecule has 0 aromatic heterocycles. The smallest absolute Gasteiger partial charge is 0.328 e. The average Bonchev–Trinajstić information content (AvgIpc) is 2.74. The number of halogens is 1. The number of hydrogen-bond acceptors (Lipinski definition) is 4. The summed E-state index contributed by atoms with van der Waals surface area (Å²) in [7, 11) is 1.34. The van der Waals surface area contributed by atoms with Crippen LogP contribution in [-0.4, -0.2) is 57.8 Å². The number of hydrogen-bond donors (Lipinski definition) is 2. The predicted octanol–water partition coefficient (Wildman–Crippen LogP) is 0.945. The van der Waals surface area contributed by atoms with Crippen LogP contribution in [0.15, 0.2) is 54.6 Å². The van der Waals surface area contributed by atoms with Crippen LogP contribution >= 0.6 is 11.6 Å². The molecule has 0 aliphatic carbocycles. The number of quaternary nitrogens is 1. The van der Waals surface area contributed by atoms with Gasteiger partial charge < -0.3 is 19.9 Å². The second-order valence-corrected chi connectivity index (χ2v) is 7.66. The number of methoxy groups -OCH3 is 1. The van der Waals surface area contributed by atoms with Gasteiger partial charge in [-0.2, -0.15) is 0 Å². The van der Waals surface area contributed by atoms with Crippen molar-refractivity contribution >= 4 is 29.2 Å². The number of carbonyl (C=O) groups is 2. The van der Waals surface area contributed by atoms with Crippen molar-refractivity contribution in [2.24, 2.45) is 0 Å². The molecule has 3 rings (SSSR count). The molecular weight excluding hydrogens is 390 g/mol. The zero-order valence-corrected chi connectivity index (χ0v) is 17.3. The summed E-state index contributed by atoms with van der Waals surface area (Å²) in [6.07, 6.45) is 0.414. The number of nitrogens with zero attached hydrogens (tertiary/aromatic N) is 1. The zero-order valence-electron chi connectivity index (χ0n) is 16.6. The summed E-state index contributed by atoms with van der Waals surface area (Å²) in [5, 5.41) is 3.57. The molecule has 2 aromatic rings. The van der Waals surface area contributed by atoms with Crippen LogP contribution in [0.2, 0.25) is 5.02 Å². The van der Waals surface area contributed by atoms with E-state index in [1.165, 1.54) is 12.0 Å². The van der Waals surface area contributed by atoms with Crippen LogP contribution in [0.4, 0.5) is 5.69 Å². The number of rotatable bonds is 7. The number of anilines is 1. The number of nitrogens with one attached hydrogen (secondary N) is 2. The van der Waals surface area contributed by atoms with Crippen molar-refractivity contribution in [1.82, 2.24) is 5.32 Å². The van der Waals surface area contributed by atoms with Crippen molar-refractivity contribution in [3.05, 3.63) is 65.2 Å². The van der Waals surface area contributed by atoms with Crippen LogP contribution in [0, 0.1) is 0 Å². The summed E-state index contributed by atoms with van der Waals surface area (Å²) < 4.78 is 4.87. The molecular formula is C22H27ClN3O3+. The van der Waals surface area contributed by atoms with Gasteiger partial charge in [-0.3, -0.25) is 4.79 Å². The number of amides is 1. The molecule has 0 saturated carbocycles. The first-order valence-electron chi connectivity index (χ1n) is 9.80. The minimum atomic E-state index is -0.679. The Morgan fingerprint density at radius 3 is 2.52 bits per heavy atom. The standard InChI is InChI=1S/C22H26ClN3O3/c1-29-22(28)20(14-17-6-3-2-4-7-17)24-21(27)16-25-10-12-26(13-11-25)19-9-5-8-18(23)15-19/h2-9,15,20H,10-14,16H2,1H3,(H,24,27)/p+1/t20-/m0/s1. The average molecular weight is 417 g/mol. The highest BCUT2D eigenvalue weighted by Crippen LogP contribution is 2.19. The molecule has 154 valence electrons. The Balaban J connectivity index is 1.51. The summed E-state index contributed by atoms with van der Waals surface area (Å²) in [6.45, 7) is 3.75. The summed E-state index contributed by atoms with van der Waals surface area (Å²) in [4.78, 5) is 28.1. The molecule has 29 heavy (non-hydrogen) atoms. The first kappa shape index (κ1) is 21.1. The van der Waals surface area contributed by atoms with Gasteiger partial charge in [0.15, 0.2) is 6.54 Å². The van der Waals surface area contributed by atoms with Crippen LogP contribution in [0.25, 0.3) is 0 Å². The van der Waals surface area contributed by atoms with Crippen LogP contribution in [0.1, 0.15) is 5.56 Å². The van der Waals surface area contributed by atoms with Gasteiger partial charge in [0.25, 0.3) is 5.91 Å². The van der Waals surface area contributed by atoms with Gasteiger partial charge in [-0.05, 0) is 23.8 Å². The largest absolute Gasteiger partial charge is 0.467 e. The zero-order chi connectivity index (χ0) is 20.6. The van der Waals surface area contributed by atoms with E-state index in [9.17, 15) is 9.59 Å². The van der Waals surface area contributed by atoms with Gasteiger partial charge in [-0.25, -0.2) is 4.79 Å². The first-order chi connectivity index (χ1) is 14.0. The molecule has 0 spiro atoms. The van der Waals surface area contributed by atoms with E-state index in [0.717, 1.165) is 42.5 Å². The van der Waals surface area contributed by atoms with Crippen LogP contribution in [0.5, 0.6) is 0 Å². The minimum Gasteiger partial charge on any atom is -0.467 e. The predicted molar refractivity (Wildman–Crippen MR) is 113 cm³/mol. The second kappa shape index (κ2) is 10.3. The Hall–Kier alpha value is -2.57. The van der Waals surface area contributed by atoms with Crippen LogP contribution < -0.4 is 15.1 Å². The number of ether oxygens (including phenoxy) is 1. The molecule has 0 unspecified atom stereocenters. The molecule has 1 aliphatic heterocycles. The maximum Gasteiger partial charge on any atom is 0.328 e. The molecule has 1 aliphatic rings. The number of esters is 1. The van der Waals surface area contributed by atoms with Crippen molar-refractivity contribution in [3.8, 4) is 0 Å². The lowest BCUT2D eigenvalue weighted by Gasteiger charge is -2.33. The van der Waals surface area contributed by atoms with Gasteiger partial charge in [-0.1, -0.05) is 48.0 Å². The molecule has 1 atom stereocenters. The molecule has 1 fully saturated rings. The van der Waals surface area contributed by atoms with Crippen LogP contribution in [-0.2, 0) is 20.7 Å². The highest BCUT2D eigenvalue weighted by molar-refractivity contribution is 6.30. The lowest BCUT2D eigenvalue weighted by Crippen LogP contribution is -3.16. The fourth-order valence-corrected chi connectivity index (χ4v) is 3.77. The van der Waals surface area contributed by atoms with Crippen molar-refractivity contribution in [2.75, 3.05) is 44.7 Å². The van der Waals surface area contributed by atoms with Gasteiger partial charge in [0, 0.05) is 17.1 Å². The van der Waals surface area contributed by atoms with E-state index in [0.29, 0.717) is 13.0 Å². The SMILES string of the molecule is COC(=O)[C@H](Cc1ccccc1)NC(=O)C[NH+]1CCN(c2cccc(Cl)c2)CC1. The monoisotopic (exact) mass is 416 g/mol. The first-order valence-corrected chi connectivity index (χ1v) is 10.2. The Bertz CT molecular complexity index is 823. The van der Waals surface area contributed by atoms with Crippen molar-refractivity contribution in [1.29, 1.82) is 0 Å². The van der Waals surface area contributed by atoms with Gasteiger partial charge >= 0.3 is 5.97 Å². The van der Waals surface area contributed by atoms with Gasteiger partial charge in [0.1, 0.15) is 6.04 Å². The molecule has 1 amide bonds. The van der Waals surface area contributed by atoms with Gasteiger partial charge in [-0.15, -0.1) is 0 Å². The van der Waals surface area contributed by atoms with Crippen molar-refractivity contribution in [3.63, 3.8) is 0 Å². The Morgan fingerprint density at radius 2 is 1.86 bits per heavy atom. The molecule has 2 aromatic carbocycles. The van der Waals surface area contributed by atoms with Crippen molar-refractivity contribution < 1.29 is 19.2 Å². The summed E-state index contributed by atoms with van der Waals surface area (Å²) in [5.74, 6) is -0.564. The fraction of sp³-hybridized carbons (Fsp3) is 0.364. The van der Waals surface area contributed by atoms with Crippen molar-refractivity contribution in [2.45, 2.75) is 12.5 Å². The lowest BCUT2D eigenvalue weighted by molar-refractivity contribution is -0.892.